The summed E-state index contributed by atoms with van der Waals surface area (Å²) in [5.74, 6) is 0. The van der Waals surface area contributed by atoms with Gasteiger partial charge in [-0.1, -0.05) is 44.2 Å². The smallest absolute Gasteiger partial charge is 0.0615 e. The van der Waals surface area contributed by atoms with Gasteiger partial charge in [0.15, 0.2) is 0 Å². The standard InChI is InChI=1S/C15H23NO/c1-12(13-7-5-4-6-8-13)16-10-9-14(17)15(2,3)11-16/h4-8,12,14,17H,9-11H2,1-3H3. The zero-order valence-electron chi connectivity index (χ0n) is 11.1. The van der Waals surface area contributed by atoms with E-state index in [1.807, 2.05) is 0 Å². The van der Waals surface area contributed by atoms with Crippen LogP contribution in [0.5, 0.6) is 0 Å². The molecule has 0 saturated carbocycles. The van der Waals surface area contributed by atoms with E-state index in [4.69, 9.17) is 0 Å². The molecule has 1 aromatic carbocycles. The van der Waals surface area contributed by atoms with Crippen LogP contribution in [-0.4, -0.2) is 29.2 Å². The Kier molecular flexibility index (Phi) is 3.55. The maximum Gasteiger partial charge on any atom is 0.0615 e. The van der Waals surface area contributed by atoms with E-state index < -0.39 is 0 Å². The molecule has 0 spiro atoms. The van der Waals surface area contributed by atoms with Crippen molar-refractivity contribution < 1.29 is 5.11 Å². The lowest BCUT2D eigenvalue weighted by molar-refractivity contribution is -0.0363. The van der Waals surface area contributed by atoms with Gasteiger partial charge < -0.3 is 5.11 Å². The van der Waals surface area contributed by atoms with Gasteiger partial charge in [0.2, 0.25) is 0 Å². The van der Waals surface area contributed by atoms with Crippen molar-refractivity contribution in [2.45, 2.75) is 39.3 Å². The van der Waals surface area contributed by atoms with E-state index in [1.54, 1.807) is 0 Å². The highest BCUT2D eigenvalue weighted by atomic mass is 16.3. The number of rotatable bonds is 2. The first-order valence-corrected chi connectivity index (χ1v) is 6.48. The third kappa shape index (κ3) is 2.70. The molecule has 2 unspecified atom stereocenters. The summed E-state index contributed by atoms with van der Waals surface area (Å²) < 4.78 is 0. The predicted molar refractivity (Wildman–Crippen MR) is 70.8 cm³/mol. The second kappa shape index (κ2) is 4.79. The molecule has 1 N–H and O–H groups in total. The fraction of sp³-hybridized carbons (Fsp3) is 0.600. The first-order chi connectivity index (χ1) is 8.00. The lowest BCUT2D eigenvalue weighted by Gasteiger charge is -2.44. The number of likely N-dealkylation sites (tertiary alicyclic amines) is 1. The van der Waals surface area contributed by atoms with Crippen LogP contribution in [0.2, 0.25) is 0 Å². The zero-order chi connectivity index (χ0) is 12.5. The van der Waals surface area contributed by atoms with Crippen LogP contribution in [0.3, 0.4) is 0 Å². The summed E-state index contributed by atoms with van der Waals surface area (Å²) in [4.78, 5) is 2.47. The SMILES string of the molecule is CC(c1ccccc1)N1CCC(O)C(C)(C)C1. The number of aliphatic hydroxyl groups excluding tert-OH is 1. The lowest BCUT2D eigenvalue weighted by atomic mass is 9.80. The molecule has 1 aromatic rings. The minimum atomic E-state index is -0.165. The van der Waals surface area contributed by atoms with Crippen LogP contribution in [0, 0.1) is 5.41 Å². The highest BCUT2D eigenvalue weighted by molar-refractivity contribution is 5.18. The van der Waals surface area contributed by atoms with Crippen LogP contribution < -0.4 is 0 Å². The summed E-state index contributed by atoms with van der Waals surface area (Å²) in [7, 11) is 0. The van der Waals surface area contributed by atoms with Gasteiger partial charge in [0.05, 0.1) is 6.10 Å². The summed E-state index contributed by atoms with van der Waals surface area (Å²) >= 11 is 0. The average molecular weight is 233 g/mol. The summed E-state index contributed by atoms with van der Waals surface area (Å²) in [6, 6.07) is 11.0. The van der Waals surface area contributed by atoms with Crippen molar-refractivity contribution >= 4 is 0 Å². The summed E-state index contributed by atoms with van der Waals surface area (Å²) in [5, 5.41) is 9.98. The monoisotopic (exact) mass is 233 g/mol. The number of hydrogen-bond donors (Lipinski definition) is 1. The quantitative estimate of drug-likeness (QED) is 0.849. The van der Waals surface area contributed by atoms with Crippen molar-refractivity contribution in [1.29, 1.82) is 0 Å². The fourth-order valence-corrected chi connectivity index (χ4v) is 2.66. The highest BCUT2D eigenvalue weighted by Gasteiger charge is 2.36. The number of hydrogen-bond acceptors (Lipinski definition) is 2. The second-order valence-corrected chi connectivity index (χ2v) is 5.85. The molecule has 1 fully saturated rings. The third-order valence-electron chi connectivity index (χ3n) is 4.03. The van der Waals surface area contributed by atoms with Gasteiger partial charge in [-0.3, -0.25) is 4.90 Å². The van der Waals surface area contributed by atoms with Crippen molar-refractivity contribution in [1.82, 2.24) is 4.90 Å². The van der Waals surface area contributed by atoms with Gasteiger partial charge in [0.1, 0.15) is 0 Å². The molecule has 2 rings (SSSR count). The number of piperidine rings is 1. The molecule has 2 atom stereocenters. The van der Waals surface area contributed by atoms with Crippen LogP contribution in [0.1, 0.15) is 38.8 Å². The number of aliphatic hydroxyl groups is 1. The summed E-state index contributed by atoms with van der Waals surface area (Å²) in [6.07, 6.45) is 0.714. The van der Waals surface area contributed by atoms with E-state index in [0.29, 0.717) is 6.04 Å². The largest absolute Gasteiger partial charge is 0.392 e. The Morgan fingerprint density at radius 3 is 2.53 bits per heavy atom. The van der Waals surface area contributed by atoms with E-state index in [1.165, 1.54) is 5.56 Å². The van der Waals surface area contributed by atoms with Crippen LogP contribution in [0.4, 0.5) is 0 Å². The molecule has 17 heavy (non-hydrogen) atoms. The Balaban J connectivity index is 2.09. The molecule has 94 valence electrons. The molecule has 2 nitrogen and oxygen atoms in total. The Morgan fingerprint density at radius 2 is 1.94 bits per heavy atom. The Labute approximate surface area is 104 Å². The first-order valence-electron chi connectivity index (χ1n) is 6.48. The average Bonchev–Trinajstić information content (AvgIpc) is 2.33. The van der Waals surface area contributed by atoms with Crippen molar-refractivity contribution in [2.24, 2.45) is 5.41 Å². The van der Waals surface area contributed by atoms with E-state index in [-0.39, 0.29) is 11.5 Å². The maximum atomic E-state index is 9.98. The zero-order valence-corrected chi connectivity index (χ0v) is 11.1. The van der Waals surface area contributed by atoms with Crippen LogP contribution >= 0.6 is 0 Å². The maximum absolute atomic E-state index is 9.98. The van der Waals surface area contributed by atoms with Crippen molar-refractivity contribution in [2.75, 3.05) is 13.1 Å². The van der Waals surface area contributed by atoms with Crippen molar-refractivity contribution in [3.8, 4) is 0 Å². The molecule has 1 saturated heterocycles. The molecule has 1 aliphatic rings. The van der Waals surface area contributed by atoms with Gasteiger partial charge in [-0.25, -0.2) is 0 Å². The van der Waals surface area contributed by atoms with Crippen LogP contribution in [0.25, 0.3) is 0 Å². The Bertz CT molecular complexity index is 360. The number of benzene rings is 1. The van der Waals surface area contributed by atoms with Gasteiger partial charge in [-0.05, 0) is 18.9 Å². The van der Waals surface area contributed by atoms with E-state index >= 15 is 0 Å². The summed E-state index contributed by atoms with van der Waals surface area (Å²) in [6.45, 7) is 8.51. The fourth-order valence-electron chi connectivity index (χ4n) is 2.66. The first kappa shape index (κ1) is 12.6. The predicted octanol–water partition coefficient (Wildman–Crippen LogP) is 2.84. The molecule has 0 bridgehead atoms. The summed E-state index contributed by atoms with van der Waals surface area (Å²) in [5.41, 5.74) is 1.36. The third-order valence-corrected chi connectivity index (χ3v) is 4.03. The molecule has 0 radical (unpaired) electrons. The van der Waals surface area contributed by atoms with Gasteiger partial charge >= 0.3 is 0 Å². The second-order valence-electron chi connectivity index (χ2n) is 5.85. The molecule has 0 aromatic heterocycles. The Hall–Kier alpha value is -0.860. The molecule has 2 heteroatoms. The van der Waals surface area contributed by atoms with Gasteiger partial charge in [0.25, 0.3) is 0 Å². The molecule has 1 heterocycles. The highest BCUT2D eigenvalue weighted by Crippen LogP contribution is 2.33. The van der Waals surface area contributed by atoms with Gasteiger partial charge in [-0.2, -0.15) is 0 Å². The van der Waals surface area contributed by atoms with Crippen molar-refractivity contribution in [3.63, 3.8) is 0 Å². The van der Waals surface area contributed by atoms with Crippen LogP contribution in [-0.2, 0) is 0 Å². The molecule has 0 aliphatic carbocycles. The van der Waals surface area contributed by atoms with E-state index in [9.17, 15) is 5.11 Å². The topological polar surface area (TPSA) is 23.5 Å². The normalized spacial score (nSPS) is 26.7. The Morgan fingerprint density at radius 1 is 1.29 bits per heavy atom. The van der Waals surface area contributed by atoms with E-state index in [0.717, 1.165) is 19.5 Å². The lowest BCUT2D eigenvalue weighted by Crippen LogP contribution is -2.49. The molecular formula is C15H23NO. The molecule has 0 amide bonds. The molecular weight excluding hydrogens is 210 g/mol. The minimum Gasteiger partial charge on any atom is -0.392 e. The van der Waals surface area contributed by atoms with Gasteiger partial charge in [-0.15, -0.1) is 0 Å². The van der Waals surface area contributed by atoms with E-state index in [2.05, 4.69) is 56.0 Å². The van der Waals surface area contributed by atoms with Gasteiger partial charge in [0, 0.05) is 24.5 Å². The van der Waals surface area contributed by atoms with Crippen molar-refractivity contribution in [3.05, 3.63) is 35.9 Å². The minimum absolute atomic E-state index is 0.00128. The molecule has 1 aliphatic heterocycles. The van der Waals surface area contributed by atoms with Crippen LogP contribution in [0.15, 0.2) is 30.3 Å². The number of nitrogens with zero attached hydrogens (tertiary/aromatic N) is 1.